The van der Waals surface area contributed by atoms with Crippen LogP contribution in [0.1, 0.15) is 27.5 Å². The lowest BCUT2D eigenvalue weighted by atomic mass is 10.0. The van der Waals surface area contributed by atoms with Gasteiger partial charge in [-0.05, 0) is 54.1 Å². The van der Waals surface area contributed by atoms with Crippen molar-refractivity contribution in [2.45, 2.75) is 6.04 Å². The SMILES string of the molecule is O=C(Nc1ccc(Cl)cc1)c1cnn2c1NC(c1ccc(Br)cc1)=CC2c1ccccc1F. The highest BCUT2D eigenvalue weighted by atomic mass is 79.9. The van der Waals surface area contributed by atoms with E-state index < -0.39 is 6.04 Å². The Labute approximate surface area is 203 Å². The number of allylic oxidation sites excluding steroid dienone is 1. The van der Waals surface area contributed by atoms with E-state index in [9.17, 15) is 9.18 Å². The third-order valence-electron chi connectivity index (χ3n) is 5.36. The van der Waals surface area contributed by atoms with E-state index in [0.29, 0.717) is 27.7 Å². The van der Waals surface area contributed by atoms with E-state index in [1.54, 1.807) is 47.1 Å². The first-order chi connectivity index (χ1) is 16.0. The van der Waals surface area contributed by atoms with E-state index in [1.807, 2.05) is 30.3 Å². The van der Waals surface area contributed by atoms with Crippen molar-refractivity contribution in [3.63, 3.8) is 0 Å². The highest BCUT2D eigenvalue weighted by Crippen LogP contribution is 2.36. The molecule has 5 nitrogen and oxygen atoms in total. The molecule has 1 unspecified atom stereocenters. The normalized spacial score (nSPS) is 14.8. The van der Waals surface area contributed by atoms with Gasteiger partial charge in [-0.15, -0.1) is 0 Å². The summed E-state index contributed by atoms with van der Waals surface area (Å²) in [4.78, 5) is 13.1. The molecule has 8 heteroatoms. The number of nitrogens with zero attached hydrogens (tertiary/aromatic N) is 2. The number of carbonyl (C=O) groups is 1. The number of nitrogens with one attached hydrogen (secondary N) is 2. The van der Waals surface area contributed by atoms with Crippen LogP contribution in [-0.4, -0.2) is 15.7 Å². The van der Waals surface area contributed by atoms with Gasteiger partial charge < -0.3 is 10.6 Å². The monoisotopic (exact) mass is 522 g/mol. The summed E-state index contributed by atoms with van der Waals surface area (Å²) in [6, 6.07) is 20.6. The van der Waals surface area contributed by atoms with Crippen molar-refractivity contribution in [3.05, 3.63) is 117 Å². The largest absolute Gasteiger partial charge is 0.339 e. The number of halogens is 3. The van der Waals surface area contributed by atoms with Gasteiger partial charge in [-0.25, -0.2) is 9.07 Å². The highest BCUT2D eigenvalue weighted by molar-refractivity contribution is 9.10. The van der Waals surface area contributed by atoms with Crippen LogP contribution < -0.4 is 10.6 Å². The van der Waals surface area contributed by atoms with Crippen LogP contribution in [0.2, 0.25) is 5.02 Å². The average Bonchev–Trinajstić information content (AvgIpc) is 3.25. The van der Waals surface area contributed by atoms with Crippen LogP contribution in [0.4, 0.5) is 15.9 Å². The molecule has 0 fully saturated rings. The first-order valence-corrected chi connectivity index (χ1v) is 11.3. The number of hydrogen-bond acceptors (Lipinski definition) is 3. The van der Waals surface area contributed by atoms with Gasteiger partial charge in [0, 0.05) is 26.4 Å². The van der Waals surface area contributed by atoms with Crippen LogP contribution in [0.25, 0.3) is 5.70 Å². The van der Waals surface area contributed by atoms with Gasteiger partial charge in [0.25, 0.3) is 5.91 Å². The maximum absolute atomic E-state index is 14.7. The van der Waals surface area contributed by atoms with Gasteiger partial charge in [-0.2, -0.15) is 5.10 Å². The number of anilines is 2. The van der Waals surface area contributed by atoms with E-state index in [1.165, 1.54) is 12.3 Å². The zero-order valence-electron chi connectivity index (χ0n) is 17.1. The van der Waals surface area contributed by atoms with E-state index in [2.05, 4.69) is 31.7 Å². The van der Waals surface area contributed by atoms with E-state index in [4.69, 9.17) is 11.6 Å². The first kappa shape index (κ1) is 21.4. The predicted octanol–water partition coefficient (Wildman–Crippen LogP) is 6.75. The minimum Gasteiger partial charge on any atom is -0.339 e. The summed E-state index contributed by atoms with van der Waals surface area (Å²) >= 11 is 9.39. The Balaban J connectivity index is 1.56. The minimum absolute atomic E-state index is 0.338. The van der Waals surface area contributed by atoms with Crippen molar-refractivity contribution in [2.75, 3.05) is 10.6 Å². The van der Waals surface area contributed by atoms with Crippen LogP contribution in [0, 0.1) is 5.82 Å². The van der Waals surface area contributed by atoms with Crippen molar-refractivity contribution >= 4 is 50.6 Å². The number of carbonyl (C=O) groups excluding carboxylic acids is 1. The summed E-state index contributed by atoms with van der Waals surface area (Å²) in [5, 5.41) is 11.2. The third-order valence-corrected chi connectivity index (χ3v) is 6.14. The molecular formula is C25H17BrClFN4O. The van der Waals surface area contributed by atoms with Crippen molar-refractivity contribution in [1.82, 2.24) is 9.78 Å². The second-order valence-corrected chi connectivity index (χ2v) is 8.84. The molecule has 1 aromatic heterocycles. The predicted molar refractivity (Wildman–Crippen MR) is 132 cm³/mol. The maximum atomic E-state index is 14.7. The maximum Gasteiger partial charge on any atom is 0.261 e. The number of rotatable bonds is 4. The molecule has 0 saturated heterocycles. The molecule has 1 aliphatic heterocycles. The Morgan fingerprint density at radius 1 is 1.06 bits per heavy atom. The zero-order valence-corrected chi connectivity index (χ0v) is 19.4. The summed E-state index contributed by atoms with van der Waals surface area (Å²) in [7, 11) is 0. The second-order valence-electron chi connectivity index (χ2n) is 7.49. The van der Waals surface area contributed by atoms with Gasteiger partial charge in [0.15, 0.2) is 0 Å². The van der Waals surface area contributed by atoms with Crippen LogP contribution in [0.3, 0.4) is 0 Å². The summed E-state index contributed by atoms with van der Waals surface area (Å²) in [5.41, 5.74) is 3.06. The molecule has 0 bridgehead atoms. The summed E-state index contributed by atoms with van der Waals surface area (Å²) < 4.78 is 17.3. The topological polar surface area (TPSA) is 59.0 Å². The van der Waals surface area contributed by atoms with Crippen molar-refractivity contribution in [3.8, 4) is 0 Å². The average molecular weight is 524 g/mol. The molecule has 5 rings (SSSR count). The molecule has 33 heavy (non-hydrogen) atoms. The lowest BCUT2D eigenvalue weighted by molar-refractivity contribution is 0.102. The molecule has 3 aromatic carbocycles. The summed E-state index contributed by atoms with van der Waals surface area (Å²) in [5.74, 6) is -0.199. The van der Waals surface area contributed by atoms with Crippen molar-refractivity contribution < 1.29 is 9.18 Å². The van der Waals surface area contributed by atoms with Gasteiger partial charge in [0.1, 0.15) is 23.2 Å². The Kier molecular flexibility index (Phi) is 5.74. The van der Waals surface area contributed by atoms with Gasteiger partial charge in [-0.1, -0.05) is 57.9 Å². The fourth-order valence-corrected chi connectivity index (χ4v) is 4.12. The summed E-state index contributed by atoms with van der Waals surface area (Å²) in [6.07, 6.45) is 3.39. The lowest BCUT2D eigenvalue weighted by Crippen LogP contribution is -2.22. The highest BCUT2D eigenvalue weighted by Gasteiger charge is 2.29. The molecule has 0 spiro atoms. The molecule has 0 radical (unpaired) electrons. The van der Waals surface area contributed by atoms with E-state index in [0.717, 1.165) is 15.7 Å². The number of amides is 1. The Hall–Kier alpha value is -3.42. The zero-order chi connectivity index (χ0) is 22.9. The van der Waals surface area contributed by atoms with Crippen molar-refractivity contribution in [2.24, 2.45) is 0 Å². The van der Waals surface area contributed by atoms with Gasteiger partial charge >= 0.3 is 0 Å². The Morgan fingerprint density at radius 3 is 2.52 bits per heavy atom. The standard InChI is InChI=1S/C25H17BrClFN4O/c26-16-7-5-15(6-8-16)22-13-23(19-3-1-2-4-21(19)28)32-24(31-22)20(14-29-32)25(33)30-18-11-9-17(27)10-12-18/h1-14,23,31H,(H,30,33). The third kappa shape index (κ3) is 4.29. The summed E-state index contributed by atoms with van der Waals surface area (Å²) in [6.45, 7) is 0. The molecule has 1 aliphatic rings. The quantitative estimate of drug-likeness (QED) is 0.311. The van der Waals surface area contributed by atoms with E-state index >= 15 is 0 Å². The lowest BCUT2D eigenvalue weighted by Gasteiger charge is -2.26. The van der Waals surface area contributed by atoms with Crippen LogP contribution in [0.15, 0.2) is 89.5 Å². The molecule has 0 saturated carbocycles. The number of benzene rings is 3. The number of aromatic nitrogens is 2. The number of fused-ring (bicyclic) bond motifs is 1. The fourth-order valence-electron chi connectivity index (χ4n) is 3.73. The molecule has 2 heterocycles. The molecule has 164 valence electrons. The molecule has 2 N–H and O–H groups in total. The molecule has 1 atom stereocenters. The van der Waals surface area contributed by atoms with E-state index in [-0.39, 0.29) is 11.7 Å². The van der Waals surface area contributed by atoms with Gasteiger partial charge in [0.05, 0.1) is 6.20 Å². The fraction of sp³-hybridized carbons (Fsp3) is 0.0400. The number of hydrogen-bond donors (Lipinski definition) is 2. The van der Waals surface area contributed by atoms with Crippen LogP contribution >= 0.6 is 27.5 Å². The second kappa shape index (κ2) is 8.84. The van der Waals surface area contributed by atoms with Gasteiger partial charge in [-0.3, -0.25) is 4.79 Å². The van der Waals surface area contributed by atoms with Crippen LogP contribution in [0.5, 0.6) is 0 Å². The molecule has 1 amide bonds. The minimum atomic E-state index is -0.529. The molecule has 0 aliphatic carbocycles. The Bertz CT molecular complexity index is 1370. The molecular weight excluding hydrogens is 507 g/mol. The smallest absolute Gasteiger partial charge is 0.261 e. The molecule has 4 aromatic rings. The van der Waals surface area contributed by atoms with Crippen LogP contribution in [-0.2, 0) is 0 Å². The van der Waals surface area contributed by atoms with Gasteiger partial charge in [0.2, 0.25) is 0 Å². The Morgan fingerprint density at radius 2 is 1.79 bits per heavy atom. The first-order valence-electron chi connectivity index (χ1n) is 10.1. The van der Waals surface area contributed by atoms with Crippen molar-refractivity contribution in [1.29, 1.82) is 0 Å².